The first-order valence-corrected chi connectivity index (χ1v) is 5.44. The van der Waals surface area contributed by atoms with Gasteiger partial charge in [-0.15, -0.1) is 0 Å². The second-order valence-electron chi connectivity index (χ2n) is 4.01. The van der Waals surface area contributed by atoms with E-state index in [1.807, 2.05) is 6.07 Å². The van der Waals surface area contributed by atoms with E-state index >= 15 is 0 Å². The smallest absolute Gasteiger partial charge is 0.357 e. The minimum atomic E-state index is -0.810. The highest BCUT2D eigenvalue weighted by molar-refractivity contribution is 6.10. The molecule has 2 heterocycles. The summed E-state index contributed by atoms with van der Waals surface area (Å²) in [6, 6.07) is 8.86. The van der Waals surface area contributed by atoms with Gasteiger partial charge in [-0.2, -0.15) is 5.26 Å². The maximum Gasteiger partial charge on any atom is 0.357 e. The Bertz CT molecular complexity index is 922. The number of rotatable bonds is 0. The van der Waals surface area contributed by atoms with Crippen molar-refractivity contribution in [3.63, 3.8) is 0 Å². The highest BCUT2D eigenvalue weighted by Gasteiger charge is 2.17. The minimum Gasteiger partial charge on any atom is -0.402 e. The molecule has 0 spiro atoms. The molecular formula is C13H8N4O2. The van der Waals surface area contributed by atoms with Crippen molar-refractivity contribution in [3.05, 3.63) is 40.2 Å². The van der Waals surface area contributed by atoms with Crippen molar-refractivity contribution >= 4 is 33.4 Å². The molecule has 0 atom stereocenters. The van der Waals surface area contributed by atoms with Crippen LogP contribution < -0.4 is 17.1 Å². The lowest BCUT2D eigenvalue weighted by atomic mass is 10.1. The zero-order valence-electron chi connectivity index (χ0n) is 9.68. The van der Waals surface area contributed by atoms with Gasteiger partial charge in [0.1, 0.15) is 6.07 Å². The summed E-state index contributed by atoms with van der Waals surface area (Å²) < 4.78 is 5.00. The number of nitrogens with two attached hydrogens (primary N) is 2. The van der Waals surface area contributed by atoms with Gasteiger partial charge in [0, 0.05) is 5.39 Å². The lowest BCUT2D eigenvalue weighted by Gasteiger charge is -2.07. The molecule has 0 unspecified atom stereocenters. The third-order valence-electron chi connectivity index (χ3n) is 2.94. The average Bonchev–Trinajstić information content (AvgIpc) is 2.39. The Morgan fingerprint density at radius 1 is 1.21 bits per heavy atom. The first-order valence-electron chi connectivity index (χ1n) is 5.44. The maximum absolute atomic E-state index is 11.6. The van der Waals surface area contributed by atoms with Crippen LogP contribution in [-0.4, -0.2) is 4.98 Å². The number of fused-ring (bicyclic) bond motifs is 2. The van der Waals surface area contributed by atoms with E-state index in [0.717, 1.165) is 0 Å². The number of anilines is 2. The number of nitriles is 1. The van der Waals surface area contributed by atoms with E-state index < -0.39 is 5.63 Å². The van der Waals surface area contributed by atoms with Crippen LogP contribution in [0.1, 0.15) is 5.56 Å². The lowest BCUT2D eigenvalue weighted by molar-refractivity contribution is 0.549. The number of hydrogen-bond acceptors (Lipinski definition) is 6. The third kappa shape index (κ3) is 1.42. The Labute approximate surface area is 106 Å². The zero-order chi connectivity index (χ0) is 13.6. The van der Waals surface area contributed by atoms with Crippen LogP contribution in [0, 0.1) is 11.3 Å². The molecule has 0 aliphatic heterocycles. The summed E-state index contributed by atoms with van der Waals surface area (Å²) >= 11 is 0. The summed E-state index contributed by atoms with van der Waals surface area (Å²) in [6.45, 7) is 0. The van der Waals surface area contributed by atoms with E-state index in [1.54, 1.807) is 24.3 Å². The lowest BCUT2D eigenvalue weighted by Crippen LogP contribution is -2.10. The van der Waals surface area contributed by atoms with Crippen LogP contribution in [0.5, 0.6) is 0 Å². The van der Waals surface area contributed by atoms with Crippen LogP contribution >= 0.6 is 0 Å². The van der Waals surface area contributed by atoms with Crippen molar-refractivity contribution in [3.8, 4) is 6.07 Å². The number of benzene rings is 1. The van der Waals surface area contributed by atoms with Crippen LogP contribution in [0.4, 0.5) is 11.4 Å². The first kappa shape index (κ1) is 11.0. The molecule has 2 aromatic heterocycles. The van der Waals surface area contributed by atoms with Crippen LogP contribution in [0.15, 0.2) is 33.5 Å². The molecule has 0 saturated carbocycles. The minimum absolute atomic E-state index is 0.00417. The normalized spacial score (nSPS) is 10.7. The van der Waals surface area contributed by atoms with E-state index in [2.05, 4.69) is 4.98 Å². The monoisotopic (exact) mass is 252 g/mol. The third-order valence-corrected chi connectivity index (χ3v) is 2.94. The summed E-state index contributed by atoms with van der Waals surface area (Å²) in [5, 5.41) is 9.91. The molecular weight excluding hydrogens is 244 g/mol. The van der Waals surface area contributed by atoms with Gasteiger partial charge in [-0.05, 0) is 6.07 Å². The summed E-state index contributed by atoms with van der Waals surface area (Å²) in [7, 11) is 0. The summed E-state index contributed by atoms with van der Waals surface area (Å²) in [5.41, 5.74) is 11.8. The fourth-order valence-electron chi connectivity index (χ4n) is 2.03. The number of aromatic nitrogens is 1. The molecule has 4 N–H and O–H groups in total. The Kier molecular flexibility index (Phi) is 2.16. The summed E-state index contributed by atoms with van der Waals surface area (Å²) in [6.07, 6.45) is 0. The van der Waals surface area contributed by atoms with Crippen LogP contribution in [-0.2, 0) is 0 Å². The SMILES string of the molecule is N#Cc1c(N)c2c(N)c3ccccc3nc2oc1=O. The number of nitrogens with zero attached hydrogens (tertiary/aromatic N) is 2. The van der Waals surface area contributed by atoms with Gasteiger partial charge in [-0.3, -0.25) is 0 Å². The van der Waals surface area contributed by atoms with Gasteiger partial charge >= 0.3 is 5.63 Å². The Morgan fingerprint density at radius 2 is 1.95 bits per heavy atom. The maximum atomic E-state index is 11.6. The number of nitrogen functional groups attached to an aromatic ring is 2. The zero-order valence-corrected chi connectivity index (χ0v) is 9.68. The van der Waals surface area contributed by atoms with Crippen LogP contribution in [0.25, 0.3) is 22.0 Å². The van der Waals surface area contributed by atoms with Crippen LogP contribution in [0.3, 0.4) is 0 Å². The van der Waals surface area contributed by atoms with Gasteiger partial charge in [0.25, 0.3) is 0 Å². The molecule has 0 amide bonds. The van der Waals surface area contributed by atoms with Gasteiger partial charge in [0.15, 0.2) is 5.56 Å². The number of pyridine rings is 1. The molecule has 0 aliphatic carbocycles. The number of hydrogen-bond donors (Lipinski definition) is 2. The molecule has 19 heavy (non-hydrogen) atoms. The molecule has 0 fully saturated rings. The molecule has 0 bridgehead atoms. The van der Waals surface area contributed by atoms with E-state index in [4.69, 9.17) is 21.1 Å². The molecule has 0 radical (unpaired) electrons. The van der Waals surface area contributed by atoms with E-state index in [0.29, 0.717) is 22.0 Å². The van der Waals surface area contributed by atoms with Crippen molar-refractivity contribution in [1.82, 2.24) is 4.98 Å². The standard InChI is InChI=1S/C13H8N4O2/c14-5-7-11(16)9-10(15)6-3-1-2-4-8(6)17-12(9)19-13(7)18/h1-4H,16H2,(H2,15,17). The van der Waals surface area contributed by atoms with Crippen molar-refractivity contribution in [2.75, 3.05) is 11.5 Å². The predicted octanol–water partition coefficient (Wildman–Crippen LogP) is 1.38. The molecule has 6 nitrogen and oxygen atoms in total. The Morgan fingerprint density at radius 3 is 2.68 bits per heavy atom. The van der Waals surface area contributed by atoms with Gasteiger partial charge in [0.05, 0.1) is 22.3 Å². The molecule has 0 aliphatic rings. The fourth-order valence-corrected chi connectivity index (χ4v) is 2.03. The average molecular weight is 252 g/mol. The predicted molar refractivity (Wildman–Crippen MR) is 71.3 cm³/mol. The second-order valence-corrected chi connectivity index (χ2v) is 4.01. The first-order chi connectivity index (χ1) is 9.13. The molecule has 0 saturated heterocycles. The van der Waals surface area contributed by atoms with Gasteiger partial charge in [0.2, 0.25) is 5.71 Å². The molecule has 92 valence electrons. The molecule has 3 rings (SSSR count). The summed E-state index contributed by atoms with van der Waals surface area (Å²) in [5.74, 6) is 0. The number of para-hydroxylation sites is 1. The summed E-state index contributed by atoms with van der Waals surface area (Å²) in [4.78, 5) is 15.8. The Balaban J connectivity index is 2.64. The Hall–Kier alpha value is -3.07. The largest absolute Gasteiger partial charge is 0.402 e. The van der Waals surface area contributed by atoms with Crippen molar-refractivity contribution < 1.29 is 4.42 Å². The van der Waals surface area contributed by atoms with Gasteiger partial charge in [-0.25, -0.2) is 9.78 Å². The molecule has 1 aromatic carbocycles. The van der Waals surface area contributed by atoms with Crippen molar-refractivity contribution in [1.29, 1.82) is 5.26 Å². The highest BCUT2D eigenvalue weighted by atomic mass is 16.4. The van der Waals surface area contributed by atoms with E-state index in [9.17, 15) is 4.79 Å². The van der Waals surface area contributed by atoms with Crippen molar-refractivity contribution in [2.45, 2.75) is 0 Å². The van der Waals surface area contributed by atoms with Gasteiger partial charge < -0.3 is 15.9 Å². The second kappa shape index (κ2) is 3.71. The quantitative estimate of drug-likeness (QED) is 0.583. The van der Waals surface area contributed by atoms with Crippen molar-refractivity contribution in [2.24, 2.45) is 0 Å². The molecule has 6 heteroatoms. The topological polar surface area (TPSA) is 119 Å². The van der Waals surface area contributed by atoms with E-state index in [1.165, 1.54) is 0 Å². The van der Waals surface area contributed by atoms with E-state index in [-0.39, 0.29) is 17.0 Å². The highest BCUT2D eigenvalue weighted by Crippen LogP contribution is 2.32. The molecule has 3 aromatic rings. The van der Waals surface area contributed by atoms with Gasteiger partial charge in [-0.1, -0.05) is 18.2 Å². The van der Waals surface area contributed by atoms with Crippen LogP contribution in [0.2, 0.25) is 0 Å². The fraction of sp³-hybridized carbons (Fsp3) is 0.